The number of rotatable bonds is 6. The van der Waals surface area contributed by atoms with E-state index in [1.807, 2.05) is 4.90 Å². The highest BCUT2D eigenvalue weighted by atomic mass is 16.4. The number of carbonyl (C=O) groups is 2. The Morgan fingerprint density at radius 3 is 2.48 bits per heavy atom. The van der Waals surface area contributed by atoms with Crippen LogP contribution >= 0.6 is 0 Å². The second kappa shape index (κ2) is 7.25. The molecule has 1 saturated heterocycles. The Labute approximate surface area is 126 Å². The minimum absolute atomic E-state index is 0.112. The molecule has 0 aromatic carbocycles. The highest BCUT2D eigenvalue weighted by molar-refractivity contribution is 5.78. The highest BCUT2D eigenvalue weighted by Gasteiger charge is 2.39. The van der Waals surface area contributed by atoms with E-state index in [2.05, 4.69) is 0 Å². The molecule has 2 N–H and O–H groups in total. The average Bonchev–Trinajstić information content (AvgIpc) is 2.86. The number of likely N-dealkylation sites (tertiary alicyclic amines) is 1. The standard InChI is InChI=1S/C16H27NO4/c18-9-5-13-4-3-8-17(12-13)14(19)10-16(11-15(20)21)6-1-2-7-16/h13,18H,1-12H2,(H,20,21). The van der Waals surface area contributed by atoms with Crippen molar-refractivity contribution in [3.63, 3.8) is 0 Å². The largest absolute Gasteiger partial charge is 0.481 e. The summed E-state index contributed by atoms with van der Waals surface area (Å²) in [5.74, 6) is -0.283. The van der Waals surface area contributed by atoms with Gasteiger partial charge in [-0.2, -0.15) is 0 Å². The lowest BCUT2D eigenvalue weighted by molar-refractivity contribution is -0.142. The number of amides is 1. The van der Waals surface area contributed by atoms with Gasteiger partial charge in [-0.05, 0) is 43.4 Å². The topological polar surface area (TPSA) is 77.8 Å². The number of aliphatic hydroxyl groups is 1. The Morgan fingerprint density at radius 2 is 1.86 bits per heavy atom. The van der Waals surface area contributed by atoms with Crippen LogP contribution in [0.2, 0.25) is 0 Å². The predicted octanol–water partition coefficient (Wildman–Crippen LogP) is 2.03. The molecule has 1 unspecified atom stereocenters. The number of nitrogens with zero attached hydrogens (tertiary/aromatic N) is 1. The second-order valence-corrected chi connectivity index (χ2v) is 6.81. The number of aliphatic carboxylic acids is 1. The Bertz CT molecular complexity index is 374. The van der Waals surface area contributed by atoms with Crippen molar-refractivity contribution in [1.82, 2.24) is 4.90 Å². The summed E-state index contributed by atoms with van der Waals surface area (Å²) in [6.45, 7) is 1.68. The van der Waals surface area contributed by atoms with Crippen molar-refractivity contribution in [2.75, 3.05) is 19.7 Å². The molecule has 1 saturated carbocycles. The van der Waals surface area contributed by atoms with Gasteiger partial charge in [0.05, 0.1) is 6.42 Å². The fourth-order valence-corrected chi connectivity index (χ4v) is 4.00. The van der Waals surface area contributed by atoms with E-state index >= 15 is 0 Å². The van der Waals surface area contributed by atoms with Crippen molar-refractivity contribution in [2.24, 2.45) is 11.3 Å². The van der Waals surface area contributed by atoms with Crippen LogP contribution < -0.4 is 0 Å². The van der Waals surface area contributed by atoms with E-state index in [0.717, 1.165) is 58.0 Å². The van der Waals surface area contributed by atoms with E-state index in [4.69, 9.17) is 10.2 Å². The number of carboxylic acids is 1. The number of hydrogen-bond acceptors (Lipinski definition) is 3. The molecule has 0 radical (unpaired) electrons. The molecule has 5 heteroatoms. The lowest BCUT2D eigenvalue weighted by atomic mass is 9.79. The third kappa shape index (κ3) is 4.43. The summed E-state index contributed by atoms with van der Waals surface area (Å²) >= 11 is 0. The van der Waals surface area contributed by atoms with Gasteiger partial charge in [-0.1, -0.05) is 12.8 Å². The van der Waals surface area contributed by atoms with Gasteiger partial charge in [-0.15, -0.1) is 0 Å². The molecule has 120 valence electrons. The molecule has 1 aliphatic carbocycles. The predicted molar refractivity (Wildman–Crippen MR) is 78.8 cm³/mol. The molecule has 2 aliphatic rings. The van der Waals surface area contributed by atoms with Gasteiger partial charge in [0, 0.05) is 26.1 Å². The summed E-state index contributed by atoms with van der Waals surface area (Å²) in [6.07, 6.45) is 7.11. The smallest absolute Gasteiger partial charge is 0.303 e. The zero-order valence-electron chi connectivity index (χ0n) is 12.7. The summed E-state index contributed by atoms with van der Waals surface area (Å²) in [7, 11) is 0. The first-order chi connectivity index (χ1) is 10.0. The monoisotopic (exact) mass is 297 g/mol. The minimum atomic E-state index is -0.790. The quantitative estimate of drug-likeness (QED) is 0.786. The summed E-state index contributed by atoms with van der Waals surface area (Å²) in [5, 5.41) is 18.2. The third-order valence-electron chi connectivity index (χ3n) is 5.13. The van der Waals surface area contributed by atoms with Crippen LogP contribution in [0.4, 0.5) is 0 Å². The van der Waals surface area contributed by atoms with Gasteiger partial charge in [0.1, 0.15) is 0 Å². The van der Waals surface area contributed by atoms with Crippen LogP contribution in [-0.2, 0) is 9.59 Å². The Kier molecular flexibility index (Phi) is 5.62. The molecule has 0 aromatic heterocycles. The van der Waals surface area contributed by atoms with E-state index < -0.39 is 5.97 Å². The van der Waals surface area contributed by atoms with Crippen molar-refractivity contribution in [1.29, 1.82) is 0 Å². The summed E-state index contributed by atoms with van der Waals surface area (Å²) in [5.41, 5.74) is -0.313. The van der Waals surface area contributed by atoms with Crippen molar-refractivity contribution >= 4 is 11.9 Å². The molecular weight excluding hydrogens is 270 g/mol. The van der Waals surface area contributed by atoms with Gasteiger partial charge in [-0.25, -0.2) is 0 Å². The van der Waals surface area contributed by atoms with Crippen molar-refractivity contribution in [2.45, 2.75) is 57.8 Å². The zero-order valence-corrected chi connectivity index (χ0v) is 12.7. The highest BCUT2D eigenvalue weighted by Crippen LogP contribution is 2.44. The maximum Gasteiger partial charge on any atom is 0.303 e. The number of piperidine rings is 1. The molecule has 5 nitrogen and oxygen atoms in total. The molecule has 2 fully saturated rings. The Morgan fingerprint density at radius 1 is 1.14 bits per heavy atom. The third-order valence-corrected chi connectivity index (χ3v) is 5.13. The molecule has 21 heavy (non-hydrogen) atoms. The van der Waals surface area contributed by atoms with Gasteiger partial charge in [0.2, 0.25) is 5.91 Å². The average molecular weight is 297 g/mol. The molecule has 0 bridgehead atoms. The van der Waals surface area contributed by atoms with Crippen LogP contribution in [0.25, 0.3) is 0 Å². The van der Waals surface area contributed by atoms with Gasteiger partial charge >= 0.3 is 5.97 Å². The van der Waals surface area contributed by atoms with E-state index in [1.54, 1.807) is 0 Å². The lowest BCUT2D eigenvalue weighted by Crippen LogP contribution is -2.42. The number of aliphatic hydroxyl groups excluding tert-OH is 1. The molecule has 1 aliphatic heterocycles. The number of hydrogen-bond donors (Lipinski definition) is 2. The Balaban J connectivity index is 1.93. The molecule has 2 rings (SSSR count). The molecule has 1 amide bonds. The maximum absolute atomic E-state index is 12.6. The van der Waals surface area contributed by atoms with Crippen LogP contribution in [-0.4, -0.2) is 46.7 Å². The summed E-state index contributed by atoms with van der Waals surface area (Å²) < 4.78 is 0. The van der Waals surface area contributed by atoms with Gasteiger partial charge in [0.25, 0.3) is 0 Å². The normalized spacial score (nSPS) is 25.0. The first-order valence-electron chi connectivity index (χ1n) is 8.15. The molecule has 0 spiro atoms. The molecule has 1 heterocycles. The van der Waals surface area contributed by atoms with Crippen LogP contribution in [0.1, 0.15) is 57.8 Å². The maximum atomic E-state index is 12.6. The second-order valence-electron chi connectivity index (χ2n) is 6.81. The van der Waals surface area contributed by atoms with Crippen LogP contribution in [0.3, 0.4) is 0 Å². The minimum Gasteiger partial charge on any atom is -0.481 e. The Hall–Kier alpha value is -1.10. The van der Waals surface area contributed by atoms with Gasteiger partial charge in [0.15, 0.2) is 0 Å². The lowest BCUT2D eigenvalue weighted by Gasteiger charge is -2.35. The van der Waals surface area contributed by atoms with Crippen LogP contribution in [0, 0.1) is 11.3 Å². The molecule has 1 atom stereocenters. The fraction of sp³-hybridized carbons (Fsp3) is 0.875. The summed E-state index contributed by atoms with van der Waals surface area (Å²) in [6, 6.07) is 0. The van der Waals surface area contributed by atoms with Crippen molar-refractivity contribution < 1.29 is 19.8 Å². The first-order valence-corrected chi connectivity index (χ1v) is 8.15. The van der Waals surface area contributed by atoms with Gasteiger partial charge < -0.3 is 15.1 Å². The van der Waals surface area contributed by atoms with E-state index in [-0.39, 0.29) is 24.3 Å². The first kappa shape index (κ1) is 16.3. The molecule has 0 aromatic rings. The van der Waals surface area contributed by atoms with Crippen molar-refractivity contribution in [3.05, 3.63) is 0 Å². The van der Waals surface area contributed by atoms with E-state index in [0.29, 0.717) is 12.3 Å². The van der Waals surface area contributed by atoms with E-state index in [1.165, 1.54) is 0 Å². The number of carboxylic acid groups (broad SMARTS) is 1. The van der Waals surface area contributed by atoms with Crippen LogP contribution in [0.15, 0.2) is 0 Å². The number of carbonyl (C=O) groups excluding carboxylic acids is 1. The molecular formula is C16H27NO4. The SMILES string of the molecule is O=C(O)CC1(CC(=O)N2CCCC(CCO)C2)CCCC1. The van der Waals surface area contributed by atoms with E-state index in [9.17, 15) is 9.59 Å². The van der Waals surface area contributed by atoms with Crippen molar-refractivity contribution in [3.8, 4) is 0 Å². The van der Waals surface area contributed by atoms with Crippen LogP contribution in [0.5, 0.6) is 0 Å². The van der Waals surface area contributed by atoms with Gasteiger partial charge in [-0.3, -0.25) is 9.59 Å². The zero-order chi connectivity index (χ0) is 15.3. The summed E-state index contributed by atoms with van der Waals surface area (Å²) in [4.78, 5) is 25.6. The fourth-order valence-electron chi connectivity index (χ4n) is 4.00.